The monoisotopic (exact) mass is 312 g/mol. The second kappa shape index (κ2) is 17.7. The number of halogens is 2. The maximum absolute atomic E-state index is 8.60. The number of hydrogen-bond acceptors (Lipinski definition) is 8. The van der Waals surface area contributed by atoms with Crippen LogP contribution >= 0.6 is 0 Å². The molecule has 0 aliphatic carbocycles. The molecular formula is H10CaCl2O12. The second-order valence-electron chi connectivity index (χ2n) is 0.792. The van der Waals surface area contributed by atoms with Gasteiger partial charge in [0, 0.05) is 37.7 Å². The maximum Gasteiger partial charge on any atom is 0.0777 e. The molecule has 15 heavy (non-hydrogen) atoms. The average Bonchev–Trinajstić information content (AvgIpc) is 1.12. The van der Waals surface area contributed by atoms with E-state index in [0.29, 0.717) is 0 Å². The van der Waals surface area contributed by atoms with Crippen LogP contribution < -0.4 is 28.0 Å². The molecule has 12 nitrogen and oxygen atoms in total. The molecule has 0 aromatic heterocycles. The fourth-order valence-electron chi connectivity index (χ4n) is 0. The van der Waals surface area contributed by atoms with E-state index in [-0.39, 0.29) is 59.6 Å². The fraction of sp³-hybridized carbons (Fsp3) is 0. The summed E-state index contributed by atoms with van der Waals surface area (Å²) in [7, 11) is -9.39. The van der Waals surface area contributed by atoms with Crippen molar-refractivity contribution >= 4 is 37.7 Å². The standard InChI is InChI=1S/Ca.2ClHO4.4H2O/c;2*2-1(3,4)5;;;;/h;2*(H,2,3,4,5);4*1H2. The summed E-state index contributed by atoms with van der Waals surface area (Å²) in [6, 6.07) is 0. The molecule has 0 aliphatic heterocycles. The second-order valence-corrected chi connectivity index (χ2v) is 2.38. The zero-order valence-electron chi connectivity index (χ0n) is 6.81. The van der Waals surface area contributed by atoms with Crippen molar-refractivity contribution in [3.63, 3.8) is 0 Å². The van der Waals surface area contributed by atoms with Crippen LogP contribution in [0.2, 0.25) is 0 Å². The Morgan fingerprint density at radius 3 is 0.533 bits per heavy atom. The van der Waals surface area contributed by atoms with Crippen molar-refractivity contribution in [2.45, 2.75) is 0 Å². The van der Waals surface area contributed by atoms with Gasteiger partial charge in [0.15, 0.2) is 0 Å². The Hall–Kier alpha value is 1.36. The first-order valence-electron chi connectivity index (χ1n) is 1.26. The molecule has 0 saturated heterocycles. The molecule has 0 aromatic carbocycles. The van der Waals surface area contributed by atoms with Gasteiger partial charge in [0.25, 0.3) is 0 Å². The van der Waals surface area contributed by atoms with E-state index in [4.69, 9.17) is 37.3 Å². The molecule has 0 rings (SSSR count). The number of rotatable bonds is 0. The minimum absolute atomic E-state index is 0. The minimum Gasteiger partial charge on any atom is -0.412 e. The van der Waals surface area contributed by atoms with Crippen LogP contribution in [0.1, 0.15) is 0 Å². The van der Waals surface area contributed by atoms with Crippen molar-refractivity contribution in [2.24, 2.45) is 0 Å². The van der Waals surface area contributed by atoms with Crippen molar-refractivity contribution in [2.75, 3.05) is 0 Å². The Bertz CT molecular complexity index is 56.6. The molecule has 0 unspecified atom stereocenters. The van der Waals surface area contributed by atoms with Crippen molar-refractivity contribution < 1.29 is 79.7 Å². The van der Waals surface area contributed by atoms with Gasteiger partial charge in [-0.3, -0.25) is 0 Å². The molecule has 0 atom stereocenters. The van der Waals surface area contributed by atoms with Crippen LogP contribution in [0.4, 0.5) is 0 Å². The molecule has 15 heteroatoms. The molecule has 0 spiro atoms. The van der Waals surface area contributed by atoms with Crippen molar-refractivity contribution in [1.82, 2.24) is 0 Å². The molecule has 0 heterocycles. The molecule has 98 valence electrons. The van der Waals surface area contributed by atoms with E-state index in [1.165, 1.54) is 0 Å². The van der Waals surface area contributed by atoms with Gasteiger partial charge in [0.05, 0.1) is 29.8 Å². The van der Waals surface area contributed by atoms with Crippen LogP contribution in [0, 0.1) is 20.5 Å². The predicted octanol–water partition coefficient (Wildman–Crippen LogP) is -11.9. The third-order valence-electron chi connectivity index (χ3n) is 0. The van der Waals surface area contributed by atoms with E-state index in [1.54, 1.807) is 0 Å². The first kappa shape index (κ1) is 44.1. The van der Waals surface area contributed by atoms with Crippen LogP contribution in [0.3, 0.4) is 0 Å². The van der Waals surface area contributed by atoms with E-state index in [9.17, 15) is 0 Å². The van der Waals surface area contributed by atoms with Gasteiger partial charge in [-0.15, -0.1) is 0 Å². The van der Waals surface area contributed by atoms with Gasteiger partial charge < -0.3 is 21.9 Å². The zero-order chi connectivity index (χ0) is 9.00. The van der Waals surface area contributed by atoms with Gasteiger partial charge in [-0.2, -0.15) is 28.0 Å². The summed E-state index contributed by atoms with van der Waals surface area (Å²) in [5, 5.41) is 0. The molecule has 2 radical (unpaired) electrons. The van der Waals surface area contributed by atoms with Gasteiger partial charge in [-0.1, -0.05) is 0 Å². The van der Waals surface area contributed by atoms with Crippen LogP contribution in [-0.2, 0) is 0 Å². The average molecular weight is 313 g/mol. The van der Waals surface area contributed by atoms with E-state index in [0.717, 1.165) is 0 Å². The Labute approximate surface area is 117 Å². The zero-order valence-corrected chi connectivity index (χ0v) is 10.5. The van der Waals surface area contributed by atoms with Crippen molar-refractivity contribution in [3.05, 3.63) is 0 Å². The number of hydrogen-bond donors (Lipinski definition) is 2. The first-order valence-corrected chi connectivity index (χ1v) is 3.79. The van der Waals surface area contributed by atoms with Crippen molar-refractivity contribution in [1.29, 1.82) is 0 Å². The van der Waals surface area contributed by atoms with Crippen molar-refractivity contribution in [3.8, 4) is 0 Å². The molecule has 0 bridgehead atoms. The van der Waals surface area contributed by atoms with E-state index in [2.05, 4.69) is 0 Å². The summed E-state index contributed by atoms with van der Waals surface area (Å²) < 4.78 is 65.4. The summed E-state index contributed by atoms with van der Waals surface area (Å²) >= 11 is 0. The van der Waals surface area contributed by atoms with Gasteiger partial charge in [-0.05, 0) is 0 Å². The van der Waals surface area contributed by atoms with Crippen LogP contribution in [0.25, 0.3) is 0 Å². The summed E-state index contributed by atoms with van der Waals surface area (Å²) in [5.41, 5.74) is 0. The quantitative estimate of drug-likeness (QED) is 0.403. The van der Waals surface area contributed by atoms with E-state index in [1.807, 2.05) is 0 Å². The van der Waals surface area contributed by atoms with E-state index >= 15 is 0 Å². The molecule has 0 amide bonds. The van der Waals surface area contributed by atoms with Gasteiger partial charge in [0.1, 0.15) is 0 Å². The molecule has 0 aliphatic rings. The predicted molar refractivity (Wildman–Crippen MR) is 24.6 cm³/mol. The first-order chi connectivity index (χ1) is 4.00. The summed E-state index contributed by atoms with van der Waals surface area (Å²) in [6.07, 6.45) is 0. The third-order valence-corrected chi connectivity index (χ3v) is 0. The third kappa shape index (κ3) is 1480. The molecule has 0 fully saturated rings. The Kier molecular flexibility index (Phi) is 52.1. The van der Waals surface area contributed by atoms with Gasteiger partial charge in [0.2, 0.25) is 0 Å². The Morgan fingerprint density at radius 2 is 0.533 bits per heavy atom. The molecule has 0 saturated carbocycles. The molecular weight excluding hydrogens is 303 g/mol. The molecule has 0 aromatic rings. The van der Waals surface area contributed by atoms with Gasteiger partial charge in [-0.25, -0.2) is 0 Å². The topological polar surface area (TPSA) is 305 Å². The maximum atomic E-state index is 8.60. The van der Waals surface area contributed by atoms with Crippen LogP contribution in [0.15, 0.2) is 0 Å². The fourth-order valence-corrected chi connectivity index (χ4v) is 0. The Balaban J connectivity index is -0.0000000128. The van der Waals surface area contributed by atoms with E-state index < -0.39 is 20.5 Å². The SMILES string of the molecule is O.O.O.O.[Ca].[O-][Cl+3]([O-])([O-])O.[O-][Cl+3]([O-])([O-])O. The smallest absolute Gasteiger partial charge is 0.0777 e. The molecule has 10 N–H and O–H groups in total. The minimum atomic E-state index is -4.69. The summed E-state index contributed by atoms with van der Waals surface area (Å²) in [5.74, 6) is 0. The van der Waals surface area contributed by atoms with Crippen LogP contribution in [-0.4, -0.2) is 69.0 Å². The summed E-state index contributed by atoms with van der Waals surface area (Å²) in [6.45, 7) is 0. The summed E-state index contributed by atoms with van der Waals surface area (Å²) in [4.78, 5) is 0. The normalized spacial score (nSPS) is 8.00. The Morgan fingerprint density at radius 1 is 0.533 bits per heavy atom. The van der Waals surface area contributed by atoms with Crippen LogP contribution in [0.5, 0.6) is 0 Å². The largest absolute Gasteiger partial charge is 0.412 e. The van der Waals surface area contributed by atoms with Gasteiger partial charge >= 0.3 is 0 Å².